The lowest BCUT2D eigenvalue weighted by Crippen LogP contribution is -2.45. The number of amides is 2. The van der Waals surface area contributed by atoms with Crippen molar-refractivity contribution < 1.29 is 23.9 Å². The van der Waals surface area contributed by atoms with Crippen molar-refractivity contribution in [2.24, 2.45) is 4.99 Å². The largest absolute Gasteiger partial charge is 0.494 e. The lowest BCUT2D eigenvalue weighted by Gasteiger charge is -2.26. The summed E-state index contributed by atoms with van der Waals surface area (Å²) < 4.78 is 12.8. The van der Waals surface area contributed by atoms with E-state index in [0.29, 0.717) is 48.4 Å². The van der Waals surface area contributed by atoms with Gasteiger partial charge in [-0.25, -0.2) is 9.78 Å². The van der Waals surface area contributed by atoms with Crippen LogP contribution >= 0.6 is 0 Å². The normalized spacial score (nSPS) is 20.7. The Labute approximate surface area is 199 Å². The molecule has 178 valence electrons. The Hall–Kier alpha value is -4.28. The monoisotopic (exact) mass is 474 g/mol. The van der Waals surface area contributed by atoms with E-state index in [9.17, 15) is 14.4 Å². The molecule has 2 amide bonds. The third-order valence-electron chi connectivity index (χ3n) is 6.61. The summed E-state index contributed by atoms with van der Waals surface area (Å²) in [4.78, 5) is 52.3. The zero-order chi connectivity index (χ0) is 24.1. The third-order valence-corrected chi connectivity index (χ3v) is 6.61. The van der Waals surface area contributed by atoms with Crippen molar-refractivity contribution in [1.82, 2.24) is 19.4 Å². The first-order valence-electron chi connectivity index (χ1n) is 11.4. The van der Waals surface area contributed by atoms with E-state index in [1.165, 1.54) is 13.3 Å². The number of aromatic nitrogens is 3. The highest BCUT2D eigenvalue weighted by Gasteiger charge is 2.48. The molecule has 2 fully saturated rings. The molecule has 3 aliphatic rings. The van der Waals surface area contributed by atoms with Crippen LogP contribution in [0.25, 0.3) is 10.9 Å². The van der Waals surface area contributed by atoms with E-state index >= 15 is 0 Å². The lowest BCUT2D eigenvalue weighted by molar-refractivity contribution is -0.156. The predicted octanol–water partition coefficient (Wildman–Crippen LogP) is 0.675. The molecule has 3 aliphatic heterocycles. The Balaban J connectivity index is 1.41. The minimum Gasteiger partial charge on any atom is -0.494 e. The fourth-order valence-corrected chi connectivity index (χ4v) is 5.00. The van der Waals surface area contributed by atoms with Crippen LogP contribution in [0.15, 0.2) is 41.7 Å². The Kier molecular flexibility index (Phi) is 4.97. The fraction of sp³-hybridized carbons (Fsp3) is 0.333. The Morgan fingerprint density at radius 2 is 2.20 bits per heavy atom. The molecule has 0 unspecified atom stereocenters. The fourth-order valence-electron chi connectivity index (χ4n) is 5.00. The number of pyridine rings is 1. The van der Waals surface area contributed by atoms with E-state index in [-0.39, 0.29) is 30.0 Å². The number of likely N-dealkylation sites (tertiary alicyclic amines) is 1. The molecule has 0 aliphatic carbocycles. The van der Waals surface area contributed by atoms with E-state index in [1.54, 1.807) is 23.2 Å². The van der Waals surface area contributed by atoms with Crippen LogP contribution in [0, 0.1) is 0 Å². The molecule has 6 rings (SSSR count). The molecule has 11 nitrogen and oxygen atoms in total. The summed E-state index contributed by atoms with van der Waals surface area (Å²) in [6.07, 6.45) is 3.43. The van der Waals surface area contributed by atoms with Gasteiger partial charge in [0.1, 0.15) is 29.2 Å². The standard InChI is InChI=1S/C24H22N6O5/c1-34-20-13(9-18(31)30-12-15-10-17(30)23(33)35-15)4-5-16-19(20)27-24(29-8-7-26-21(16)29)28-22(32)14-3-2-6-25-11-14/h2-6,11,15,17,26H,7-10,12H2,1H3/t15-,17-/m1/s1. The topological polar surface area (TPSA) is 128 Å². The minimum atomic E-state index is -0.509. The van der Waals surface area contributed by atoms with Gasteiger partial charge in [0.2, 0.25) is 11.5 Å². The van der Waals surface area contributed by atoms with Gasteiger partial charge in [0, 0.05) is 42.9 Å². The van der Waals surface area contributed by atoms with E-state index in [4.69, 9.17) is 9.47 Å². The molecule has 11 heteroatoms. The van der Waals surface area contributed by atoms with Crippen molar-refractivity contribution in [3.63, 3.8) is 0 Å². The van der Waals surface area contributed by atoms with Crippen LogP contribution in [-0.4, -0.2) is 69.6 Å². The number of hydrogen-bond acceptors (Lipinski definition) is 8. The minimum absolute atomic E-state index is 0.0516. The maximum Gasteiger partial charge on any atom is 0.329 e. The van der Waals surface area contributed by atoms with E-state index in [2.05, 4.69) is 20.3 Å². The summed E-state index contributed by atoms with van der Waals surface area (Å²) in [6, 6.07) is 6.53. The summed E-state index contributed by atoms with van der Waals surface area (Å²) >= 11 is 0. The van der Waals surface area contributed by atoms with Crippen LogP contribution in [-0.2, 0) is 27.3 Å². The van der Waals surface area contributed by atoms with Gasteiger partial charge in [0.05, 0.1) is 25.6 Å². The molecule has 3 aromatic rings. The van der Waals surface area contributed by atoms with Crippen molar-refractivity contribution >= 4 is 34.5 Å². The number of carbonyl (C=O) groups excluding carboxylic acids is 3. The molecule has 0 spiro atoms. The van der Waals surface area contributed by atoms with Gasteiger partial charge in [-0.2, -0.15) is 4.99 Å². The van der Waals surface area contributed by atoms with Crippen LogP contribution in [0.4, 0.5) is 5.82 Å². The average Bonchev–Trinajstić information content (AvgIpc) is 3.60. The van der Waals surface area contributed by atoms with E-state index < -0.39 is 11.9 Å². The van der Waals surface area contributed by atoms with Crippen LogP contribution in [0.3, 0.4) is 0 Å². The van der Waals surface area contributed by atoms with Gasteiger partial charge < -0.3 is 19.7 Å². The van der Waals surface area contributed by atoms with Gasteiger partial charge in [-0.05, 0) is 18.2 Å². The number of anilines is 1. The SMILES string of the molecule is COc1c(CC(=O)N2C[C@H]3C[C@@H]2C(=O)O3)ccc2c3n(c(=NC(=O)c4cccnc4)nc12)CCN3. The van der Waals surface area contributed by atoms with Crippen LogP contribution in [0.1, 0.15) is 22.3 Å². The quantitative estimate of drug-likeness (QED) is 0.547. The molecule has 1 N–H and O–H groups in total. The first-order chi connectivity index (χ1) is 17.0. The smallest absolute Gasteiger partial charge is 0.329 e. The van der Waals surface area contributed by atoms with Gasteiger partial charge in [-0.15, -0.1) is 0 Å². The molecular formula is C24H22N6O5. The van der Waals surface area contributed by atoms with Gasteiger partial charge in [-0.1, -0.05) is 6.07 Å². The number of carbonyl (C=O) groups is 3. The highest BCUT2D eigenvalue weighted by Crippen LogP contribution is 2.34. The molecule has 0 radical (unpaired) electrons. The van der Waals surface area contributed by atoms with Crippen molar-refractivity contribution in [2.75, 3.05) is 25.5 Å². The van der Waals surface area contributed by atoms with Crippen molar-refractivity contribution in [1.29, 1.82) is 0 Å². The number of fused-ring (bicyclic) bond motifs is 5. The molecule has 1 aromatic carbocycles. The van der Waals surface area contributed by atoms with Gasteiger partial charge in [0.25, 0.3) is 5.91 Å². The Morgan fingerprint density at radius 3 is 2.94 bits per heavy atom. The number of ether oxygens (including phenoxy) is 2. The summed E-state index contributed by atoms with van der Waals surface area (Å²) in [7, 11) is 1.52. The van der Waals surface area contributed by atoms with Crippen LogP contribution in [0.5, 0.6) is 5.75 Å². The summed E-state index contributed by atoms with van der Waals surface area (Å²) in [6.45, 7) is 1.69. The number of benzene rings is 1. The second-order valence-electron chi connectivity index (χ2n) is 8.68. The number of methoxy groups -OCH3 is 1. The zero-order valence-electron chi connectivity index (χ0n) is 18.9. The van der Waals surface area contributed by atoms with E-state index in [1.807, 2.05) is 16.7 Å². The van der Waals surface area contributed by atoms with Gasteiger partial charge >= 0.3 is 5.97 Å². The maximum absolute atomic E-state index is 13.1. The molecule has 0 saturated carbocycles. The summed E-state index contributed by atoms with van der Waals surface area (Å²) in [5.74, 6) is 0.253. The predicted molar refractivity (Wildman–Crippen MR) is 123 cm³/mol. The number of esters is 1. The van der Waals surface area contributed by atoms with Gasteiger partial charge in [0.15, 0.2) is 0 Å². The Bertz CT molecular complexity index is 1450. The average molecular weight is 474 g/mol. The second-order valence-corrected chi connectivity index (χ2v) is 8.68. The number of nitrogens with one attached hydrogen (secondary N) is 1. The third kappa shape index (κ3) is 3.50. The van der Waals surface area contributed by atoms with Crippen molar-refractivity contribution in [3.8, 4) is 5.75 Å². The first kappa shape index (κ1) is 21.3. The number of hydrogen-bond donors (Lipinski definition) is 1. The molecule has 2 atom stereocenters. The zero-order valence-corrected chi connectivity index (χ0v) is 18.9. The van der Waals surface area contributed by atoms with E-state index in [0.717, 1.165) is 11.2 Å². The summed E-state index contributed by atoms with van der Waals surface area (Å²) in [5.41, 5.74) is 1.74. The highest BCUT2D eigenvalue weighted by molar-refractivity contribution is 5.97. The van der Waals surface area contributed by atoms with Crippen LogP contribution in [0.2, 0.25) is 0 Å². The molecule has 2 aromatic heterocycles. The molecule has 2 bridgehead atoms. The summed E-state index contributed by atoms with van der Waals surface area (Å²) in [5, 5.41) is 4.13. The molecular weight excluding hydrogens is 452 g/mol. The molecule has 2 saturated heterocycles. The maximum atomic E-state index is 13.1. The van der Waals surface area contributed by atoms with Crippen LogP contribution < -0.4 is 15.7 Å². The lowest BCUT2D eigenvalue weighted by atomic mass is 10.1. The van der Waals surface area contributed by atoms with Crippen molar-refractivity contribution in [2.45, 2.75) is 31.5 Å². The molecule has 5 heterocycles. The Morgan fingerprint density at radius 1 is 1.31 bits per heavy atom. The van der Waals surface area contributed by atoms with Gasteiger partial charge in [-0.3, -0.25) is 19.1 Å². The van der Waals surface area contributed by atoms with Crippen molar-refractivity contribution in [3.05, 3.63) is 53.4 Å². The number of nitrogens with zero attached hydrogens (tertiary/aromatic N) is 5. The number of morpholine rings is 1. The molecule has 35 heavy (non-hydrogen) atoms. The first-order valence-corrected chi connectivity index (χ1v) is 11.4. The number of rotatable bonds is 4. The highest BCUT2D eigenvalue weighted by atomic mass is 16.6. The second kappa shape index (κ2) is 8.19.